The van der Waals surface area contributed by atoms with Crippen LogP contribution in [0.4, 0.5) is 18.9 Å². The summed E-state index contributed by atoms with van der Waals surface area (Å²) in [5.41, 5.74) is -0.173. The number of anilines is 1. The van der Waals surface area contributed by atoms with Gasteiger partial charge in [0.15, 0.2) is 6.23 Å². The lowest BCUT2D eigenvalue weighted by Gasteiger charge is -2.08. The van der Waals surface area contributed by atoms with E-state index in [0.717, 1.165) is 12.3 Å². The van der Waals surface area contributed by atoms with Crippen LogP contribution in [0.25, 0.3) is 0 Å². The predicted octanol–water partition coefficient (Wildman–Crippen LogP) is 3.67. The molecule has 0 aliphatic carbocycles. The number of epoxide rings is 1. The lowest BCUT2D eigenvalue weighted by Crippen LogP contribution is -2.10. The molecule has 1 aliphatic heterocycles. The molecule has 122 valence electrons. The number of ether oxygens (including phenoxy) is 2. The molecule has 3 heterocycles. The van der Waals surface area contributed by atoms with E-state index in [1.165, 1.54) is 13.2 Å². The summed E-state index contributed by atoms with van der Waals surface area (Å²) in [6.45, 7) is 0. The molecule has 9 heteroatoms. The Balaban J connectivity index is 1.71. The number of halogens is 4. The van der Waals surface area contributed by atoms with Crippen LogP contribution in [0.15, 0.2) is 30.5 Å². The van der Waals surface area contributed by atoms with Crippen LogP contribution in [-0.2, 0) is 10.9 Å². The number of alkyl halides is 3. The number of nitrogens with zero attached hydrogens (tertiary/aromatic N) is 2. The number of methoxy groups -OCH3 is 1. The highest BCUT2D eigenvalue weighted by molar-refractivity contribution is 6.29. The smallest absolute Gasteiger partial charge is 0.433 e. The van der Waals surface area contributed by atoms with Gasteiger partial charge in [0.25, 0.3) is 0 Å². The van der Waals surface area contributed by atoms with Gasteiger partial charge in [0.05, 0.1) is 12.8 Å². The third kappa shape index (κ3) is 3.65. The van der Waals surface area contributed by atoms with Gasteiger partial charge >= 0.3 is 6.18 Å². The predicted molar refractivity (Wildman–Crippen MR) is 76.3 cm³/mol. The first kappa shape index (κ1) is 15.8. The molecule has 0 radical (unpaired) electrons. The van der Waals surface area contributed by atoms with Crippen LogP contribution >= 0.6 is 11.6 Å². The highest BCUT2D eigenvalue weighted by Gasteiger charge is 2.42. The number of nitrogens with one attached hydrogen (secondary N) is 1. The van der Waals surface area contributed by atoms with Crippen LogP contribution in [0.1, 0.15) is 17.5 Å². The summed E-state index contributed by atoms with van der Waals surface area (Å²) in [6, 6.07) is 5.56. The highest BCUT2D eigenvalue weighted by Crippen LogP contribution is 2.40. The van der Waals surface area contributed by atoms with Crippen molar-refractivity contribution < 1.29 is 22.6 Å². The molecule has 0 aromatic carbocycles. The molecule has 2 aromatic heterocycles. The minimum atomic E-state index is -4.50. The SMILES string of the molecule is COc1cc(Cl)nc(C2OC2Nc2ccnc(C(F)(F)F)c2)c1. The summed E-state index contributed by atoms with van der Waals surface area (Å²) >= 11 is 5.88. The first-order valence-electron chi connectivity index (χ1n) is 6.53. The van der Waals surface area contributed by atoms with Crippen molar-refractivity contribution in [3.63, 3.8) is 0 Å². The number of rotatable bonds is 4. The minimum absolute atomic E-state index is 0.247. The third-order valence-electron chi connectivity index (χ3n) is 3.17. The summed E-state index contributed by atoms with van der Waals surface area (Å²) in [6.07, 6.45) is -4.31. The first-order valence-corrected chi connectivity index (χ1v) is 6.91. The van der Waals surface area contributed by atoms with E-state index in [1.807, 2.05) is 0 Å². The maximum Gasteiger partial charge on any atom is 0.433 e. The van der Waals surface area contributed by atoms with E-state index in [4.69, 9.17) is 21.1 Å². The molecule has 0 spiro atoms. The standard InChI is InChI=1S/C14H11ClF3N3O2/c1-22-8-5-9(21-11(15)6-8)12-13(23-12)20-7-2-3-19-10(4-7)14(16,17)18/h2-6,12-13H,1H3,(H,19,20). The van der Waals surface area contributed by atoms with Crippen molar-refractivity contribution in [3.8, 4) is 5.75 Å². The van der Waals surface area contributed by atoms with E-state index in [2.05, 4.69) is 15.3 Å². The second-order valence-electron chi connectivity index (χ2n) is 4.80. The number of hydrogen-bond donors (Lipinski definition) is 1. The van der Waals surface area contributed by atoms with Crippen LogP contribution in [0.5, 0.6) is 5.75 Å². The van der Waals surface area contributed by atoms with Crippen molar-refractivity contribution in [1.82, 2.24) is 9.97 Å². The molecule has 0 saturated carbocycles. The van der Waals surface area contributed by atoms with Crippen LogP contribution < -0.4 is 10.1 Å². The summed E-state index contributed by atoms with van der Waals surface area (Å²) in [7, 11) is 1.49. The monoisotopic (exact) mass is 345 g/mol. The molecule has 2 atom stereocenters. The van der Waals surface area contributed by atoms with Crippen LogP contribution in [0.3, 0.4) is 0 Å². The minimum Gasteiger partial charge on any atom is -0.497 e. The van der Waals surface area contributed by atoms with Gasteiger partial charge in [-0.3, -0.25) is 4.98 Å². The Kier molecular flexibility index (Phi) is 4.03. The lowest BCUT2D eigenvalue weighted by molar-refractivity contribution is -0.141. The molecule has 1 saturated heterocycles. The van der Waals surface area contributed by atoms with E-state index in [-0.39, 0.29) is 10.8 Å². The fourth-order valence-electron chi connectivity index (χ4n) is 2.04. The Labute approximate surface area is 134 Å². The molecule has 3 rings (SSSR count). The Morgan fingerprint density at radius 3 is 2.78 bits per heavy atom. The average Bonchev–Trinajstić information content (AvgIpc) is 3.25. The number of hydrogen-bond acceptors (Lipinski definition) is 5. The van der Waals surface area contributed by atoms with E-state index in [1.54, 1.807) is 12.1 Å². The highest BCUT2D eigenvalue weighted by atomic mass is 35.5. The van der Waals surface area contributed by atoms with Gasteiger partial charge in [-0.15, -0.1) is 0 Å². The normalized spacial score (nSPS) is 20.2. The van der Waals surface area contributed by atoms with Crippen molar-refractivity contribution >= 4 is 17.3 Å². The molecule has 2 aromatic rings. The van der Waals surface area contributed by atoms with Crippen LogP contribution in [0.2, 0.25) is 5.15 Å². The third-order valence-corrected chi connectivity index (χ3v) is 3.36. The van der Waals surface area contributed by atoms with E-state index >= 15 is 0 Å². The second-order valence-corrected chi connectivity index (χ2v) is 5.19. The fourth-order valence-corrected chi connectivity index (χ4v) is 2.25. The van der Waals surface area contributed by atoms with Crippen molar-refractivity contribution in [1.29, 1.82) is 0 Å². The van der Waals surface area contributed by atoms with E-state index < -0.39 is 24.2 Å². The molecule has 1 aliphatic rings. The Hall–Kier alpha value is -2.06. The van der Waals surface area contributed by atoms with Gasteiger partial charge in [-0.2, -0.15) is 13.2 Å². The maximum absolute atomic E-state index is 12.6. The zero-order chi connectivity index (χ0) is 16.6. The summed E-state index contributed by atoms with van der Waals surface area (Å²) in [4.78, 5) is 7.42. The molecule has 23 heavy (non-hydrogen) atoms. The first-order chi connectivity index (χ1) is 10.9. The number of pyridine rings is 2. The van der Waals surface area contributed by atoms with Crippen molar-refractivity contribution in [2.24, 2.45) is 0 Å². The fraction of sp³-hybridized carbons (Fsp3) is 0.286. The van der Waals surface area contributed by atoms with Crippen molar-refractivity contribution in [2.45, 2.75) is 18.5 Å². The topological polar surface area (TPSA) is 59.6 Å². The molecular weight excluding hydrogens is 335 g/mol. The largest absolute Gasteiger partial charge is 0.497 e. The Morgan fingerprint density at radius 2 is 2.09 bits per heavy atom. The van der Waals surface area contributed by atoms with Gasteiger partial charge in [-0.05, 0) is 12.1 Å². The Morgan fingerprint density at radius 1 is 1.30 bits per heavy atom. The molecule has 2 unspecified atom stereocenters. The van der Waals surface area contributed by atoms with Crippen LogP contribution in [0, 0.1) is 0 Å². The summed E-state index contributed by atoms with van der Waals surface area (Å²) in [5, 5.41) is 3.09. The van der Waals surface area contributed by atoms with Gasteiger partial charge < -0.3 is 14.8 Å². The van der Waals surface area contributed by atoms with Gasteiger partial charge in [0.2, 0.25) is 0 Å². The van der Waals surface area contributed by atoms with Gasteiger partial charge in [-0.25, -0.2) is 4.98 Å². The molecule has 1 fully saturated rings. The zero-order valence-corrected chi connectivity index (χ0v) is 12.5. The van der Waals surface area contributed by atoms with Gasteiger partial charge in [0.1, 0.15) is 22.7 Å². The quantitative estimate of drug-likeness (QED) is 0.677. The Bertz CT molecular complexity index is 727. The van der Waals surface area contributed by atoms with E-state index in [0.29, 0.717) is 11.4 Å². The lowest BCUT2D eigenvalue weighted by atomic mass is 10.2. The van der Waals surface area contributed by atoms with Gasteiger partial charge in [0, 0.05) is 24.0 Å². The molecule has 0 amide bonds. The van der Waals surface area contributed by atoms with Crippen LogP contribution in [-0.4, -0.2) is 23.3 Å². The summed E-state index contributed by atoms with van der Waals surface area (Å²) in [5.74, 6) is 0.525. The molecule has 0 bridgehead atoms. The molecule has 5 nitrogen and oxygen atoms in total. The van der Waals surface area contributed by atoms with E-state index in [9.17, 15) is 13.2 Å². The maximum atomic E-state index is 12.6. The van der Waals surface area contributed by atoms with Crippen molar-refractivity contribution in [3.05, 3.63) is 47.0 Å². The van der Waals surface area contributed by atoms with Gasteiger partial charge in [-0.1, -0.05) is 11.6 Å². The molecular formula is C14H11ClF3N3O2. The number of aromatic nitrogens is 2. The second kappa shape index (κ2) is 5.86. The average molecular weight is 346 g/mol. The molecule has 1 N–H and O–H groups in total. The summed E-state index contributed by atoms with van der Waals surface area (Å²) < 4.78 is 48.4. The zero-order valence-electron chi connectivity index (χ0n) is 11.8. The van der Waals surface area contributed by atoms with Crippen molar-refractivity contribution in [2.75, 3.05) is 12.4 Å².